The smallest absolute Gasteiger partial charge is 0.0464 e. The van der Waals surface area contributed by atoms with E-state index in [2.05, 4.69) is 33.8 Å². The van der Waals surface area contributed by atoms with Gasteiger partial charge in [0.05, 0.1) is 0 Å². The normalized spacial score (nSPS) is 13.3. The second kappa shape index (κ2) is 5.36. The fraction of sp³-hybridized carbons (Fsp3) is 0.800. The molecule has 1 atom stereocenters. The first-order chi connectivity index (χ1) is 5.07. The summed E-state index contributed by atoms with van der Waals surface area (Å²) in [5, 5.41) is 8.98. The molecule has 11 heavy (non-hydrogen) atoms. The molecule has 0 radical (unpaired) electrons. The van der Waals surface area contributed by atoms with Gasteiger partial charge in [-0.25, -0.2) is 0 Å². The van der Waals surface area contributed by atoms with Crippen molar-refractivity contribution in [3.63, 3.8) is 0 Å². The topological polar surface area (TPSA) is 20.2 Å². The van der Waals surface area contributed by atoms with E-state index in [0.29, 0.717) is 18.4 Å². The summed E-state index contributed by atoms with van der Waals surface area (Å²) in [5.74, 6) is 1.01. The minimum absolute atomic E-state index is 0.307. The average Bonchev–Trinajstić information content (AvgIpc) is 1.87. The Morgan fingerprint density at radius 2 is 1.91 bits per heavy atom. The van der Waals surface area contributed by atoms with Crippen LogP contribution in [-0.4, -0.2) is 11.7 Å². The van der Waals surface area contributed by atoms with Gasteiger partial charge in [-0.15, -0.1) is 0 Å². The summed E-state index contributed by atoms with van der Waals surface area (Å²) in [7, 11) is 0. The SMILES string of the molecule is CC(C)=CC[C@H](CO)C(C)C. The first kappa shape index (κ1) is 10.7. The fourth-order valence-corrected chi connectivity index (χ4v) is 0.945. The van der Waals surface area contributed by atoms with Crippen LogP contribution < -0.4 is 0 Å². The maximum Gasteiger partial charge on any atom is 0.0464 e. The van der Waals surface area contributed by atoms with Crippen LogP contribution in [0, 0.1) is 11.8 Å². The van der Waals surface area contributed by atoms with Gasteiger partial charge in [0.2, 0.25) is 0 Å². The van der Waals surface area contributed by atoms with E-state index in [-0.39, 0.29) is 0 Å². The Kier molecular flexibility index (Phi) is 5.22. The number of hydrogen-bond acceptors (Lipinski definition) is 1. The van der Waals surface area contributed by atoms with Crippen LogP contribution in [0.15, 0.2) is 11.6 Å². The molecule has 0 saturated heterocycles. The van der Waals surface area contributed by atoms with Crippen molar-refractivity contribution < 1.29 is 5.11 Å². The van der Waals surface area contributed by atoms with Crippen LogP contribution in [0.3, 0.4) is 0 Å². The largest absolute Gasteiger partial charge is 0.396 e. The highest BCUT2D eigenvalue weighted by Gasteiger charge is 2.09. The monoisotopic (exact) mass is 156 g/mol. The predicted molar refractivity (Wildman–Crippen MR) is 49.5 cm³/mol. The zero-order chi connectivity index (χ0) is 8.85. The molecule has 66 valence electrons. The molecule has 0 fully saturated rings. The van der Waals surface area contributed by atoms with Crippen molar-refractivity contribution in [3.8, 4) is 0 Å². The molecule has 0 saturated carbocycles. The van der Waals surface area contributed by atoms with Gasteiger partial charge >= 0.3 is 0 Å². The van der Waals surface area contributed by atoms with Gasteiger partial charge < -0.3 is 5.11 Å². The van der Waals surface area contributed by atoms with Gasteiger partial charge in [0.1, 0.15) is 0 Å². The minimum Gasteiger partial charge on any atom is -0.396 e. The van der Waals surface area contributed by atoms with Crippen LogP contribution in [0.5, 0.6) is 0 Å². The molecule has 1 nitrogen and oxygen atoms in total. The molecule has 0 aliphatic rings. The van der Waals surface area contributed by atoms with E-state index in [1.165, 1.54) is 5.57 Å². The van der Waals surface area contributed by atoms with Gasteiger partial charge in [-0.1, -0.05) is 25.5 Å². The molecular weight excluding hydrogens is 136 g/mol. The van der Waals surface area contributed by atoms with Gasteiger partial charge in [-0.2, -0.15) is 0 Å². The molecule has 0 heterocycles. The summed E-state index contributed by atoms with van der Waals surface area (Å²) in [6, 6.07) is 0. The van der Waals surface area contributed by atoms with E-state index in [9.17, 15) is 0 Å². The lowest BCUT2D eigenvalue weighted by Crippen LogP contribution is -2.12. The molecule has 0 aliphatic heterocycles. The van der Waals surface area contributed by atoms with Crippen LogP contribution >= 0.6 is 0 Å². The van der Waals surface area contributed by atoms with Gasteiger partial charge in [0, 0.05) is 6.61 Å². The van der Waals surface area contributed by atoms with E-state index in [1.54, 1.807) is 0 Å². The molecule has 0 aliphatic carbocycles. The second-order valence-corrected chi connectivity index (χ2v) is 3.70. The highest BCUT2D eigenvalue weighted by molar-refractivity contribution is 4.94. The summed E-state index contributed by atoms with van der Waals surface area (Å²) >= 11 is 0. The van der Waals surface area contributed by atoms with Crippen LogP contribution in [0.2, 0.25) is 0 Å². The molecule has 0 aromatic heterocycles. The van der Waals surface area contributed by atoms with Crippen molar-refractivity contribution in [2.75, 3.05) is 6.61 Å². The van der Waals surface area contributed by atoms with Gasteiger partial charge in [0.15, 0.2) is 0 Å². The second-order valence-electron chi connectivity index (χ2n) is 3.70. The Bertz CT molecular complexity index is 121. The summed E-state index contributed by atoms with van der Waals surface area (Å²) in [4.78, 5) is 0. The van der Waals surface area contributed by atoms with Crippen LogP contribution in [-0.2, 0) is 0 Å². The maximum absolute atomic E-state index is 8.98. The summed E-state index contributed by atoms with van der Waals surface area (Å²) in [5.41, 5.74) is 1.34. The van der Waals surface area contributed by atoms with Gasteiger partial charge in [-0.05, 0) is 32.1 Å². The van der Waals surface area contributed by atoms with Crippen molar-refractivity contribution in [2.45, 2.75) is 34.1 Å². The Balaban J connectivity index is 3.79. The van der Waals surface area contributed by atoms with Gasteiger partial charge in [0.25, 0.3) is 0 Å². The van der Waals surface area contributed by atoms with E-state index in [1.807, 2.05) is 0 Å². The Morgan fingerprint density at radius 1 is 1.36 bits per heavy atom. The van der Waals surface area contributed by atoms with Crippen molar-refractivity contribution in [1.29, 1.82) is 0 Å². The molecular formula is C10H20O. The first-order valence-corrected chi connectivity index (χ1v) is 4.32. The molecule has 0 aromatic carbocycles. The Hall–Kier alpha value is -0.300. The minimum atomic E-state index is 0.307. The lowest BCUT2D eigenvalue weighted by Gasteiger charge is -2.15. The zero-order valence-corrected chi connectivity index (χ0v) is 8.09. The zero-order valence-electron chi connectivity index (χ0n) is 8.09. The molecule has 0 aromatic rings. The average molecular weight is 156 g/mol. The molecule has 0 spiro atoms. The van der Waals surface area contributed by atoms with Crippen LogP contribution in [0.4, 0.5) is 0 Å². The van der Waals surface area contributed by atoms with Crippen molar-refractivity contribution >= 4 is 0 Å². The quantitative estimate of drug-likeness (QED) is 0.620. The van der Waals surface area contributed by atoms with Crippen LogP contribution in [0.1, 0.15) is 34.1 Å². The third-order valence-electron chi connectivity index (χ3n) is 2.01. The maximum atomic E-state index is 8.98. The van der Waals surface area contributed by atoms with E-state index < -0.39 is 0 Å². The summed E-state index contributed by atoms with van der Waals surface area (Å²) < 4.78 is 0. The third-order valence-corrected chi connectivity index (χ3v) is 2.01. The molecule has 1 heteroatoms. The van der Waals surface area contributed by atoms with Crippen molar-refractivity contribution in [3.05, 3.63) is 11.6 Å². The number of hydrogen-bond donors (Lipinski definition) is 1. The van der Waals surface area contributed by atoms with Gasteiger partial charge in [-0.3, -0.25) is 0 Å². The fourth-order valence-electron chi connectivity index (χ4n) is 0.945. The number of aliphatic hydroxyl groups is 1. The standard InChI is InChI=1S/C10H20O/c1-8(2)5-6-10(7-11)9(3)4/h5,9-11H,6-7H2,1-4H3/t10-/m1/s1. The van der Waals surface area contributed by atoms with E-state index >= 15 is 0 Å². The van der Waals surface area contributed by atoms with Crippen molar-refractivity contribution in [2.24, 2.45) is 11.8 Å². The molecule has 0 unspecified atom stereocenters. The summed E-state index contributed by atoms with van der Waals surface area (Å²) in [6.07, 6.45) is 3.21. The number of allylic oxidation sites excluding steroid dienone is 2. The third kappa shape index (κ3) is 5.02. The predicted octanol–water partition coefficient (Wildman–Crippen LogP) is 2.61. The number of aliphatic hydroxyl groups excluding tert-OH is 1. The lowest BCUT2D eigenvalue weighted by atomic mass is 9.93. The number of rotatable bonds is 4. The Morgan fingerprint density at radius 3 is 2.18 bits per heavy atom. The van der Waals surface area contributed by atoms with Crippen LogP contribution in [0.25, 0.3) is 0 Å². The van der Waals surface area contributed by atoms with E-state index in [0.717, 1.165) is 6.42 Å². The Labute approximate surface area is 70.1 Å². The first-order valence-electron chi connectivity index (χ1n) is 4.32. The molecule has 1 N–H and O–H groups in total. The lowest BCUT2D eigenvalue weighted by molar-refractivity contribution is 0.191. The van der Waals surface area contributed by atoms with E-state index in [4.69, 9.17) is 5.11 Å². The van der Waals surface area contributed by atoms with Crippen molar-refractivity contribution in [1.82, 2.24) is 0 Å². The highest BCUT2D eigenvalue weighted by atomic mass is 16.3. The molecule has 0 amide bonds. The molecule has 0 bridgehead atoms. The summed E-state index contributed by atoms with van der Waals surface area (Å²) in [6.45, 7) is 8.80. The highest BCUT2D eigenvalue weighted by Crippen LogP contribution is 2.15. The molecule has 0 rings (SSSR count).